The minimum atomic E-state index is 0.823. The van der Waals surface area contributed by atoms with Gasteiger partial charge in [-0.05, 0) is 51.0 Å². The standard InChI is InChI=1S/C12H11BrO/c1-7-2-3-8-6-9-4-5-14-12(9)11(13)10(7)8/h6H,1-5H2. The van der Waals surface area contributed by atoms with Crippen LogP contribution in [0.1, 0.15) is 23.1 Å². The summed E-state index contributed by atoms with van der Waals surface area (Å²) in [5, 5.41) is 0. The van der Waals surface area contributed by atoms with Gasteiger partial charge in [0.1, 0.15) is 5.75 Å². The van der Waals surface area contributed by atoms with Crippen molar-refractivity contribution in [3.8, 4) is 5.75 Å². The van der Waals surface area contributed by atoms with Crippen molar-refractivity contribution in [2.45, 2.75) is 19.3 Å². The lowest BCUT2D eigenvalue weighted by atomic mass is 10.0. The van der Waals surface area contributed by atoms with Crippen molar-refractivity contribution in [2.24, 2.45) is 0 Å². The van der Waals surface area contributed by atoms with Crippen molar-refractivity contribution < 1.29 is 4.74 Å². The summed E-state index contributed by atoms with van der Waals surface area (Å²) in [5.74, 6) is 1.05. The Balaban J connectivity index is 2.30. The van der Waals surface area contributed by atoms with E-state index < -0.39 is 0 Å². The summed E-state index contributed by atoms with van der Waals surface area (Å²) >= 11 is 3.64. The molecule has 0 atom stereocenters. The van der Waals surface area contributed by atoms with Gasteiger partial charge in [-0.1, -0.05) is 12.6 Å². The number of ether oxygens (including phenoxy) is 1. The molecule has 1 aliphatic heterocycles. The van der Waals surface area contributed by atoms with Crippen molar-refractivity contribution in [3.63, 3.8) is 0 Å². The van der Waals surface area contributed by atoms with Crippen LogP contribution in [0, 0.1) is 0 Å². The molecule has 2 heteroatoms. The minimum Gasteiger partial charge on any atom is -0.492 e. The molecule has 0 spiro atoms. The van der Waals surface area contributed by atoms with Gasteiger partial charge in [0.25, 0.3) is 0 Å². The van der Waals surface area contributed by atoms with Crippen LogP contribution in [0.5, 0.6) is 5.75 Å². The van der Waals surface area contributed by atoms with Crippen molar-refractivity contribution in [1.82, 2.24) is 0 Å². The molecule has 1 aromatic carbocycles. The zero-order chi connectivity index (χ0) is 9.71. The average molecular weight is 251 g/mol. The molecule has 3 rings (SSSR count). The van der Waals surface area contributed by atoms with E-state index in [0.29, 0.717) is 0 Å². The van der Waals surface area contributed by atoms with E-state index >= 15 is 0 Å². The molecule has 0 unspecified atom stereocenters. The lowest BCUT2D eigenvalue weighted by molar-refractivity contribution is 0.355. The predicted octanol–water partition coefficient (Wildman–Crippen LogP) is 3.34. The van der Waals surface area contributed by atoms with Gasteiger partial charge in [0.05, 0.1) is 11.1 Å². The first-order valence-electron chi connectivity index (χ1n) is 4.92. The number of hydrogen-bond acceptors (Lipinski definition) is 1. The largest absolute Gasteiger partial charge is 0.492 e. The van der Waals surface area contributed by atoms with Gasteiger partial charge in [-0.2, -0.15) is 0 Å². The molecule has 0 saturated heterocycles. The smallest absolute Gasteiger partial charge is 0.137 e. The van der Waals surface area contributed by atoms with Gasteiger partial charge in [0, 0.05) is 6.42 Å². The molecule has 0 amide bonds. The van der Waals surface area contributed by atoms with Crippen LogP contribution in [0.2, 0.25) is 0 Å². The molecule has 0 saturated carbocycles. The first-order valence-corrected chi connectivity index (χ1v) is 5.72. The Bertz CT molecular complexity index is 434. The third-order valence-corrected chi connectivity index (χ3v) is 3.80. The van der Waals surface area contributed by atoms with Crippen LogP contribution in [0.25, 0.3) is 5.57 Å². The van der Waals surface area contributed by atoms with Crippen molar-refractivity contribution in [3.05, 3.63) is 33.8 Å². The quantitative estimate of drug-likeness (QED) is 0.687. The van der Waals surface area contributed by atoms with E-state index in [1.165, 1.54) is 22.3 Å². The lowest BCUT2D eigenvalue weighted by Crippen LogP contribution is -1.89. The number of rotatable bonds is 0. The minimum absolute atomic E-state index is 0.823. The number of fused-ring (bicyclic) bond motifs is 2. The fourth-order valence-corrected chi connectivity index (χ4v) is 3.24. The van der Waals surface area contributed by atoms with Crippen LogP contribution in [-0.2, 0) is 12.8 Å². The molecule has 0 N–H and O–H groups in total. The Morgan fingerprint density at radius 1 is 1.21 bits per heavy atom. The third kappa shape index (κ3) is 1.01. The molecule has 0 radical (unpaired) electrons. The molecule has 1 aliphatic carbocycles. The van der Waals surface area contributed by atoms with Gasteiger partial charge in [-0.15, -0.1) is 0 Å². The average Bonchev–Trinajstić information content (AvgIpc) is 2.74. The summed E-state index contributed by atoms with van der Waals surface area (Å²) in [6, 6.07) is 2.29. The maximum Gasteiger partial charge on any atom is 0.137 e. The van der Waals surface area contributed by atoms with Gasteiger partial charge in [0.2, 0.25) is 0 Å². The molecule has 1 nitrogen and oxygen atoms in total. The highest BCUT2D eigenvalue weighted by Gasteiger charge is 2.25. The predicted molar refractivity (Wildman–Crippen MR) is 60.7 cm³/mol. The van der Waals surface area contributed by atoms with Crippen LogP contribution in [0.15, 0.2) is 17.1 Å². The highest BCUT2D eigenvalue weighted by molar-refractivity contribution is 9.10. The Morgan fingerprint density at radius 3 is 2.93 bits per heavy atom. The second-order valence-electron chi connectivity index (χ2n) is 3.91. The van der Waals surface area contributed by atoms with Gasteiger partial charge in [-0.3, -0.25) is 0 Å². The van der Waals surface area contributed by atoms with Gasteiger partial charge in [-0.25, -0.2) is 0 Å². The summed E-state index contributed by atoms with van der Waals surface area (Å²) < 4.78 is 6.74. The van der Waals surface area contributed by atoms with E-state index in [9.17, 15) is 0 Å². The molecule has 0 fully saturated rings. The summed E-state index contributed by atoms with van der Waals surface area (Å²) in [7, 11) is 0. The second-order valence-corrected chi connectivity index (χ2v) is 4.71. The second kappa shape index (κ2) is 2.86. The molecule has 14 heavy (non-hydrogen) atoms. The Labute approximate surface area is 91.9 Å². The molecule has 1 heterocycles. The summed E-state index contributed by atoms with van der Waals surface area (Å²) in [5.41, 5.74) is 5.33. The Kier molecular flexibility index (Phi) is 1.75. The highest BCUT2D eigenvalue weighted by atomic mass is 79.9. The molecule has 0 bridgehead atoms. The summed E-state index contributed by atoms with van der Waals surface area (Å²) in [6.07, 6.45) is 3.28. The van der Waals surface area contributed by atoms with Crippen LogP contribution in [0.4, 0.5) is 0 Å². The van der Waals surface area contributed by atoms with Gasteiger partial charge in [0.15, 0.2) is 0 Å². The molecule has 72 valence electrons. The first kappa shape index (κ1) is 8.54. The molecule has 2 aliphatic rings. The molecule has 0 aromatic heterocycles. The van der Waals surface area contributed by atoms with Crippen LogP contribution in [-0.4, -0.2) is 6.61 Å². The number of halogens is 1. The van der Waals surface area contributed by atoms with E-state index in [0.717, 1.165) is 36.1 Å². The van der Waals surface area contributed by atoms with Crippen molar-refractivity contribution in [2.75, 3.05) is 6.61 Å². The highest BCUT2D eigenvalue weighted by Crippen LogP contribution is 2.45. The maximum atomic E-state index is 5.61. The van der Waals surface area contributed by atoms with Crippen molar-refractivity contribution >= 4 is 21.5 Å². The third-order valence-electron chi connectivity index (χ3n) is 3.05. The first-order chi connectivity index (χ1) is 6.77. The number of aryl methyl sites for hydroxylation is 1. The fraction of sp³-hybridized carbons (Fsp3) is 0.333. The summed E-state index contributed by atoms with van der Waals surface area (Å²) in [6.45, 7) is 4.92. The van der Waals surface area contributed by atoms with Crippen LogP contribution >= 0.6 is 15.9 Å². The number of benzene rings is 1. The monoisotopic (exact) mass is 250 g/mol. The molecular weight excluding hydrogens is 240 g/mol. The zero-order valence-corrected chi connectivity index (χ0v) is 9.49. The molecular formula is C12H11BrO. The van der Waals surface area contributed by atoms with E-state index in [4.69, 9.17) is 4.74 Å². The normalized spacial score (nSPS) is 17.9. The van der Waals surface area contributed by atoms with E-state index in [1.54, 1.807) is 0 Å². The molecule has 1 aromatic rings. The Hall–Kier alpha value is -0.760. The van der Waals surface area contributed by atoms with Gasteiger partial charge >= 0.3 is 0 Å². The van der Waals surface area contributed by atoms with Gasteiger partial charge < -0.3 is 4.74 Å². The van der Waals surface area contributed by atoms with E-state index in [-0.39, 0.29) is 0 Å². The number of allylic oxidation sites excluding steroid dienone is 1. The zero-order valence-electron chi connectivity index (χ0n) is 7.90. The number of hydrogen-bond donors (Lipinski definition) is 0. The van der Waals surface area contributed by atoms with Crippen LogP contribution < -0.4 is 4.74 Å². The van der Waals surface area contributed by atoms with E-state index in [1.807, 2.05) is 0 Å². The van der Waals surface area contributed by atoms with Crippen LogP contribution in [0.3, 0.4) is 0 Å². The maximum absolute atomic E-state index is 5.61. The lowest BCUT2D eigenvalue weighted by Gasteiger charge is -2.08. The summed E-state index contributed by atoms with van der Waals surface area (Å²) in [4.78, 5) is 0. The fourth-order valence-electron chi connectivity index (χ4n) is 2.34. The SMILES string of the molecule is C=C1CCc2cc3c(c(Br)c21)OCC3. The Morgan fingerprint density at radius 2 is 2.07 bits per heavy atom. The van der Waals surface area contributed by atoms with E-state index in [2.05, 4.69) is 28.6 Å². The topological polar surface area (TPSA) is 9.23 Å². The van der Waals surface area contributed by atoms with Crippen molar-refractivity contribution in [1.29, 1.82) is 0 Å².